The van der Waals surface area contributed by atoms with E-state index in [2.05, 4.69) is 16.2 Å². The van der Waals surface area contributed by atoms with E-state index in [1.165, 1.54) is 16.9 Å². The van der Waals surface area contributed by atoms with Gasteiger partial charge in [-0.2, -0.15) is 10.4 Å². The molecule has 2 aromatic heterocycles. The molecule has 0 aromatic carbocycles. The largest absolute Gasteiger partial charge is 0.481 e. The fourth-order valence-electron chi connectivity index (χ4n) is 4.75. The molecule has 0 radical (unpaired) electrons. The lowest BCUT2D eigenvalue weighted by Gasteiger charge is -2.28. The molecule has 0 amide bonds. The SMILES string of the molecule is CC(=O)O[C@@H]1[C@H](CC(=O)O)[C@H](COC(=O)SC2CCCC2)O[C@@]1(C#N)c1ccc2c(N)ncnn12. The van der Waals surface area contributed by atoms with Crippen molar-refractivity contribution in [2.75, 3.05) is 12.3 Å². The highest BCUT2D eigenvalue weighted by Gasteiger charge is 2.61. The highest BCUT2D eigenvalue weighted by atomic mass is 32.2. The first-order valence-corrected chi connectivity index (χ1v) is 12.0. The molecule has 1 saturated carbocycles. The molecule has 13 heteroatoms. The second-order valence-corrected chi connectivity index (χ2v) is 9.78. The summed E-state index contributed by atoms with van der Waals surface area (Å²) in [4.78, 5) is 40.0. The first-order valence-electron chi connectivity index (χ1n) is 11.2. The van der Waals surface area contributed by atoms with E-state index in [0.717, 1.165) is 44.4 Å². The minimum absolute atomic E-state index is 0.151. The summed E-state index contributed by atoms with van der Waals surface area (Å²) in [5.41, 5.74) is 4.55. The minimum atomic E-state index is -1.94. The Morgan fingerprint density at radius 2 is 2.11 bits per heavy atom. The molecule has 4 atom stereocenters. The summed E-state index contributed by atoms with van der Waals surface area (Å²) in [6, 6.07) is 5.18. The number of fused-ring (bicyclic) bond motifs is 1. The number of thioether (sulfide) groups is 1. The van der Waals surface area contributed by atoms with Gasteiger partial charge in [0.1, 0.15) is 30.6 Å². The number of esters is 1. The van der Waals surface area contributed by atoms with Gasteiger partial charge in [0.25, 0.3) is 0 Å². The molecule has 0 bridgehead atoms. The number of carboxylic acids is 1. The molecule has 12 nitrogen and oxygen atoms in total. The number of nitrogens with zero attached hydrogens (tertiary/aromatic N) is 4. The first-order chi connectivity index (χ1) is 16.7. The smallest absolute Gasteiger partial charge is 0.367 e. The summed E-state index contributed by atoms with van der Waals surface area (Å²) in [6.45, 7) is 0.847. The Kier molecular flexibility index (Phi) is 7.13. The van der Waals surface area contributed by atoms with E-state index < -0.39 is 47.4 Å². The predicted molar refractivity (Wildman–Crippen MR) is 122 cm³/mol. The Morgan fingerprint density at radius 3 is 2.77 bits per heavy atom. The van der Waals surface area contributed by atoms with Crippen LogP contribution in [-0.2, 0) is 29.4 Å². The van der Waals surface area contributed by atoms with Gasteiger partial charge in [-0.15, -0.1) is 0 Å². The molecule has 3 N–H and O–H groups in total. The summed E-state index contributed by atoms with van der Waals surface area (Å²) in [5.74, 6) is -2.74. The third-order valence-electron chi connectivity index (χ3n) is 6.27. The van der Waals surface area contributed by atoms with E-state index in [1.54, 1.807) is 6.07 Å². The van der Waals surface area contributed by atoms with Gasteiger partial charge >= 0.3 is 17.2 Å². The third-order valence-corrected chi connectivity index (χ3v) is 7.38. The lowest BCUT2D eigenvalue weighted by Crippen LogP contribution is -2.42. The fraction of sp³-hybridized carbons (Fsp3) is 0.545. The number of hydrogen-bond acceptors (Lipinski definition) is 11. The molecule has 1 saturated heterocycles. The fourth-order valence-corrected chi connectivity index (χ4v) is 5.73. The van der Waals surface area contributed by atoms with Crippen molar-refractivity contribution < 1.29 is 33.7 Å². The second-order valence-electron chi connectivity index (χ2n) is 8.54. The Labute approximate surface area is 204 Å². The van der Waals surface area contributed by atoms with Gasteiger partial charge in [0.15, 0.2) is 11.9 Å². The highest BCUT2D eigenvalue weighted by Crippen LogP contribution is 2.46. The molecule has 1 aliphatic carbocycles. The van der Waals surface area contributed by atoms with Crippen molar-refractivity contribution in [2.24, 2.45) is 5.92 Å². The Balaban J connectivity index is 1.68. The topological polar surface area (TPSA) is 179 Å². The number of nitrogens with two attached hydrogens (primary N) is 1. The molecule has 35 heavy (non-hydrogen) atoms. The van der Waals surface area contributed by atoms with Crippen molar-refractivity contribution >= 4 is 40.3 Å². The molecule has 4 rings (SSSR count). The lowest BCUT2D eigenvalue weighted by atomic mass is 9.84. The van der Waals surface area contributed by atoms with Crippen molar-refractivity contribution in [2.45, 2.75) is 62.1 Å². The van der Waals surface area contributed by atoms with Crippen molar-refractivity contribution in [1.82, 2.24) is 14.6 Å². The quantitative estimate of drug-likeness (QED) is 0.527. The molecular formula is C22H25N5O7S. The number of hydrogen-bond donors (Lipinski definition) is 2. The number of nitrogen functional groups attached to an aromatic ring is 1. The zero-order valence-electron chi connectivity index (χ0n) is 19.0. The van der Waals surface area contributed by atoms with Crippen LogP contribution in [0.2, 0.25) is 0 Å². The molecule has 2 aliphatic rings. The average Bonchev–Trinajstić information content (AvgIpc) is 3.52. The van der Waals surface area contributed by atoms with Crippen LogP contribution in [0.5, 0.6) is 0 Å². The summed E-state index contributed by atoms with van der Waals surface area (Å²) in [5, 5.41) is 23.7. The summed E-state index contributed by atoms with van der Waals surface area (Å²) < 4.78 is 18.4. The van der Waals surface area contributed by atoms with Crippen LogP contribution in [0.25, 0.3) is 5.52 Å². The number of anilines is 1. The predicted octanol–water partition coefficient (Wildman–Crippen LogP) is 2.26. The Morgan fingerprint density at radius 1 is 1.37 bits per heavy atom. The van der Waals surface area contributed by atoms with Crippen molar-refractivity contribution in [3.63, 3.8) is 0 Å². The van der Waals surface area contributed by atoms with Crippen LogP contribution in [-0.4, -0.2) is 61.0 Å². The first kappa shape index (κ1) is 24.7. The minimum Gasteiger partial charge on any atom is -0.481 e. The Bertz CT molecular complexity index is 1170. The maximum Gasteiger partial charge on any atom is 0.367 e. The molecule has 186 valence electrons. The molecule has 0 unspecified atom stereocenters. The molecule has 2 aromatic rings. The van der Waals surface area contributed by atoms with Crippen LogP contribution in [0.3, 0.4) is 0 Å². The van der Waals surface area contributed by atoms with Gasteiger partial charge in [0.2, 0.25) is 5.60 Å². The van der Waals surface area contributed by atoms with E-state index in [4.69, 9.17) is 19.9 Å². The van der Waals surface area contributed by atoms with Gasteiger partial charge in [-0.3, -0.25) is 9.59 Å². The Hall–Kier alpha value is -3.37. The summed E-state index contributed by atoms with van der Waals surface area (Å²) in [7, 11) is 0. The van der Waals surface area contributed by atoms with Gasteiger partial charge in [-0.05, 0) is 36.7 Å². The molecule has 1 aliphatic heterocycles. The second kappa shape index (κ2) is 10.1. The van der Waals surface area contributed by atoms with E-state index in [9.17, 15) is 24.8 Å². The van der Waals surface area contributed by atoms with E-state index >= 15 is 0 Å². The number of ether oxygens (including phenoxy) is 3. The van der Waals surface area contributed by atoms with Gasteiger partial charge < -0.3 is 25.1 Å². The van der Waals surface area contributed by atoms with Crippen LogP contribution in [0, 0.1) is 17.2 Å². The molecule has 3 heterocycles. The monoisotopic (exact) mass is 503 g/mol. The summed E-state index contributed by atoms with van der Waals surface area (Å²) >= 11 is 1.11. The zero-order valence-corrected chi connectivity index (χ0v) is 19.8. The van der Waals surface area contributed by atoms with Crippen molar-refractivity contribution in [3.8, 4) is 6.07 Å². The molecule has 2 fully saturated rings. The molecule has 0 spiro atoms. The maximum absolute atomic E-state index is 12.4. The average molecular weight is 504 g/mol. The zero-order chi connectivity index (χ0) is 25.2. The van der Waals surface area contributed by atoms with Crippen LogP contribution < -0.4 is 5.73 Å². The van der Waals surface area contributed by atoms with Gasteiger partial charge in [-0.25, -0.2) is 14.3 Å². The third kappa shape index (κ3) is 4.89. The number of aromatic nitrogens is 3. The number of carbonyl (C=O) groups is 3. The standard InChI is InChI=1S/C22H25N5O7S/c1-12(28)33-19-14(8-18(29)30)16(9-32-21(31)35-13-4-2-3-5-13)34-22(19,10-23)17-7-6-15-20(24)25-11-26-27(15)17/h6-7,11,13-14,16,19H,2-5,8-9H2,1H3,(H,29,30)(H2,24,25,26)/t14-,16+,19-,22+/m1/s1. The number of aliphatic carboxylic acids is 1. The van der Waals surface area contributed by atoms with Crippen LogP contribution in [0.15, 0.2) is 18.5 Å². The van der Waals surface area contributed by atoms with E-state index in [-0.39, 0.29) is 23.4 Å². The van der Waals surface area contributed by atoms with Crippen LogP contribution in [0.1, 0.15) is 44.7 Å². The number of nitriles is 1. The van der Waals surface area contributed by atoms with Gasteiger partial charge in [-0.1, -0.05) is 12.8 Å². The normalized spacial score (nSPS) is 26.5. The molecular weight excluding hydrogens is 478 g/mol. The maximum atomic E-state index is 12.4. The summed E-state index contributed by atoms with van der Waals surface area (Å²) in [6.07, 6.45) is 2.34. The number of carbonyl (C=O) groups excluding carboxylic acids is 2. The van der Waals surface area contributed by atoms with Crippen LogP contribution >= 0.6 is 11.8 Å². The number of carboxylic acid groups (broad SMARTS) is 1. The lowest BCUT2D eigenvalue weighted by molar-refractivity contribution is -0.157. The van der Waals surface area contributed by atoms with E-state index in [0.29, 0.717) is 5.52 Å². The van der Waals surface area contributed by atoms with Crippen molar-refractivity contribution in [3.05, 3.63) is 24.2 Å². The number of rotatable bonds is 7. The van der Waals surface area contributed by atoms with Gasteiger partial charge in [0.05, 0.1) is 12.1 Å². The van der Waals surface area contributed by atoms with E-state index in [1.807, 2.05) is 0 Å². The van der Waals surface area contributed by atoms with Crippen molar-refractivity contribution in [1.29, 1.82) is 5.26 Å². The van der Waals surface area contributed by atoms with Crippen LogP contribution in [0.4, 0.5) is 10.6 Å². The van der Waals surface area contributed by atoms with Gasteiger partial charge in [0, 0.05) is 18.1 Å². The highest BCUT2D eigenvalue weighted by molar-refractivity contribution is 8.13.